The first-order valence-electron chi connectivity index (χ1n) is 8.91. The zero-order chi connectivity index (χ0) is 18.7. The fourth-order valence-electron chi connectivity index (χ4n) is 3.65. The third kappa shape index (κ3) is 3.92. The molecule has 1 aliphatic carbocycles. The summed E-state index contributed by atoms with van der Waals surface area (Å²) < 4.78 is 11.6. The summed E-state index contributed by atoms with van der Waals surface area (Å²) in [4.78, 5) is 38.4. The molecule has 2 amide bonds. The van der Waals surface area contributed by atoms with Crippen molar-refractivity contribution in [2.45, 2.75) is 38.6 Å². The van der Waals surface area contributed by atoms with Gasteiger partial charge in [0.2, 0.25) is 11.8 Å². The highest BCUT2D eigenvalue weighted by atomic mass is 79.9. The lowest BCUT2D eigenvalue weighted by atomic mass is 9.81. The van der Waals surface area contributed by atoms with Gasteiger partial charge in [0.15, 0.2) is 0 Å². The molecule has 0 radical (unpaired) electrons. The average molecular weight is 424 g/mol. The van der Waals surface area contributed by atoms with Crippen molar-refractivity contribution < 1.29 is 23.9 Å². The van der Waals surface area contributed by atoms with Crippen molar-refractivity contribution in [3.05, 3.63) is 28.7 Å². The molecule has 7 heteroatoms. The molecule has 0 aromatic heterocycles. The number of imide groups is 1. The van der Waals surface area contributed by atoms with Crippen LogP contribution in [0.3, 0.4) is 0 Å². The monoisotopic (exact) mass is 423 g/mol. The van der Waals surface area contributed by atoms with Crippen molar-refractivity contribution in [2.24, 2.45) is 11.8 Å². The van der Waals surface area contributed by atoms with E-state index in [1.807, 2.05) is 18.2 Å². The quantitative estimate of drug-likeness (QED) is 0.399. The second kappa shape index (κ2) is 8.20. The summed E-state index contributed by atoms with van der Waals surface area (Å²) >= 11 is 3.35. The molecule has 0 N–H and O–H groups in total. The number of esters is 1. The number of carbonyl (C=O) groups is 3. The summed E-state index contributed by atoms with van der Waals surface area (Å²) in [5, 5.41) is 0. The van der Waals surface area contributed by atoms with E-state index in [4.69, 9.17) is 9.47 Å². The van der Waals surface area contributed by atoms with Gasteiger partial charge in [-0.25, -0.2) is 4.79 Å². The van der Waals surface area contributed by atoms with Crippen LogP contribution in [-0.4, -0.2) is 41.9 Å². The van der Waals surface area contributed by atoms with Gasteiger partial charge in [0, 0.05) is 4.47 Å². The summed E-state index contributed by atoms with van der Waals surface area (Å²) in [5.74, 6) is -0.887. The number of hydrogen-bond acceptors (Lipinski definition) is 5. The number of carbonyl (C=O) groups excluding carboxylic acids is 3. The van der Waals surface area contributed by atoms with E-state index in [1.165, 1.54) is 0 Å². The van der Waals surface area contributed by atoms with Gasteiger partial charge in [0.1, 0.15) is 25.0 Å². The van der Waals surface area contributed by atoms with Crippen LogP contribution in [0.25, 0.3) is 0 Å². The van der Waals surface area contributed by atoms with Crippen LogP contribution < -0.4 is 4.74 Å². The molecule has 1 heterocycles. The van der Waals surface area contributed by atoms with E-state index in [1.54, 1.807) is 13.0 Å². The predicted octanol–water partition coefficient (Wildman–Crippen LogP) is 2.93. The number of ether oxygens (including phenoxy) is 2. The van der Waals surface area contributed by atoms with Crippen LogP contribution in [0.15, 0.2) is 28.7 Å². The minimum Gasteiger partial charge on any atom is -0.490 e. The van der Waals surface area contributed by atoms with Crippen LogP contribution in [0.2, 0.25) is 0 Å². The van der Waals surface area contributed by atoms with Crippen molar-refractivity contribution in [3.63, 3.8) is 0 Å². The van der Waals surface area contributed by atoms with E-state index in [-0.39, 0.29) is 36.9 Å². The molecule has 1 aromatic rings. The van der Waals surface area contributed by atoms with E-state index in [0.29, 0.717) is 5.75 Å². The molecular weight excluding hydrogens is 402 g/mol. The molecule has 6 nitrogen and oxygen atoms in total. The number of halogens is 1. The molecule has 2 aliphatic rings. The molecule has 0 bridgehead atoms. The van der Waals surface area contributed by atoms with Crippen molar-refractivity contribution in [3.8, 4) is 5.75 Å². The average Bonchev–Trinajstić information content (AvgIpc) is 2.89. The molecule has 1 saturated carbocycles. The van der Waals surface area contributed by atoms with Gasteiger partial charge >= 0.3 is 5.97 Å². The van der Waals surface area contributed by atoms with Gasteiger partial charge in [-0.05, 0) is 38.0 Å². The van der Waals surface area contributed by atoms with Crippen molar-refractivity contribution in [1.82, 2.24) is 4.90 Å². The Balaban J connectivity index is 1.50. The number of fused-ring (bicyclic) bond motifs is 1. The second-order valence-electron chi connectivity index (χ2n) is 6.69. The highest BCUT2D eigenvalue weighted by molar-refractivity contribution is 9.10. The Hall–Kier alpha value is -1.89. The first-order valence-corrected chi connectivity index (χ1v) is 9.70. The summed E-state index contributed by atoms with van der Waals surface area (Å²) in [6.07, 6.45) is 3.38. The Morgan fingerprint density at radius 1 is 1.19 bits per heavy atom. The Kier molecular flexibility index (Phi) is 5.96. The molecule has 3 atom stereocenters. The molecule has 140 valence electrons. The third-order valence-electron chi connectivity index (χ3n) is 5.00. The number of benzene rings is 1. The van der Waals surface area contributed by atoms with Crippen molar-refractivity contribution in [1.29, 1.82) is 0 Å². The zero-order valence-electron chi connectivity index (χ0n) is 14.7. The number of nitrogens with zero attached hydrogens (tertiary/aromatic N) is 1. The standard InChI is InChI=1S/C19H22BrNO5/c1-12(21-17(22)15-7-2-3-8-16(15)18(21)23)19(24)26-10-9-25-14-6-4-5-13(20)11-14/h4-6,11-12,15-16H,2-3,7-10H2,1H3. The number of likely N-dealkylation sites (tertiary alicyclic amines) is 1. The molecule has 1 saturated heterocycles. The Labute approximate surface area is 161 Å². The summed E-state index contributed by atoms with van der Waals surface area (Å²) in [7, 11) is 0. The summed E-state index contributed by atoms with van der Waals surface area (Å²) in [6.45, 7) is 1.80. The van der Waals surface area contributed by atoms with Crippen LogP contribution >= 0.6 is 15.9 Å². The molecule has 26 heavy (non-hydrogen) atoms. The van der Waals surface area contributed by atoms with Crippen LogP contribution in [0.5, 0.6) is 5.75 Å². The zero-order valence-corrected chi connectivity index (χ0v) is 16.2. The van der Waals surface area contributed by atoms with Gasteiger partial charge in [-0.15, -0.1) is 0 Å². The lowest BCUT2D eigenvalue weighted by Crippen LogP contribution is -2.44. The van der Waals surface area contributed by atoms with Crippen molar-refractivity contribution in [2.75, 3.05) is 13.2 Å². The number of amides is 2. The van der Waals surface area contributed by atoms with E-state index < -0.39 is 12.0 Å². The van der Waals surface area contributed by atoms with Crippen LogP contribution in [0.4, 0.5) is 0 Å². The largest absolute Gasteiger partial charge is 0.490 e. The minimum atomic E-state index is -0.897. The maximum absolute atomic E-state index is 12.5. The summed E-state index contributed by atoms with van der Waals surface area (Å²) in [5.41, 5.74) is 0. The molecule has 1 aliphatic heterocycles. The van der Waals surface area contributed by atoms with Gasteiger partial charge in [0.05, 0.1) is 11.8 Å². The molecule has 1 aromatic carbocycles. The Morgan fingerprint density at radius 3 is 2.46 bits per heavy atom. The molecule has 3 rings (SSSR count). The van der Waals surface area contributed by atoms with E-state index in [2.05, 4.69) is 15.9 Å². The lowest BCUT2D eigenvalue weighted by Gasteiger charge is -2.21. The van der Waals surface area contributed by atoms with Crippen LogP contribution in [0.1, 0.15) is 32.6 Å². The van der Waals surface area contributed by atoms with E-state index in [9.17, 15) is 14.4 Å². The molecule has 3 unspecified atom stereocenters. The highest BCUT2D eigenvalue weighted by Crippen LogP contribution is 2.38. The third-order valence-corrected chi connectivity index (χ3v) is 5.49. The highest BCUT2D eigenvalue weighted by Gasteiger charge is 2.51. The van der Waals surface area contributed by atoms with Gasteiger partial charge < -0.3 is 9.47 Å². The second-order valence-corrected chi connectivity index (χ2v) is 7.61. The van der Waals surface area contributed by atoms with E-state index in [0.717, 1.165) is 35.1 Å². The smallest absolute Gasteiger partial charge is 0.329 e. The van der Waals surface area contributed by atoms with Gasteiger partial charge in [-0.1, -0.05) is 34.8 Å². The fraction of sp³-hybridized carbons (Fsp3) is 0.526. The normalized spacial score (nSPS) is 23.5. The Morgan fingerprint density at radius 2 is 1.85 bits per heavy atom. The minimum absolute atomic E-state index is 0.0543. The maximum Gasteiger partial charge on any atom is 0.329 e. The first kappa shape index (κ1) is 18.9. The molecule has 2 fully saturated rings. The first-order chi connectivity index (χ1) is 12.5. The Bertz CT molecular complexity index is 683. The van der Waals surface area contributed by atoms with E-state index >= 15 is 0 Å². The number of rotatable bonds is 6. The molecular formula is C19H22BrNO5. The maximum atomic E-state index is 12.5. The SMILES string of the molecule is CC(C(=O)OCCOc1cccc(Br)c1)N1C(=O)C2CCCCC2C1=O. The summed E-state index contributed by atoms with van der Waals surface area (Å²) in [6, 6.07) is 6.45. The predicted molar refractivity (Wildman–Crippen MR) is 97.4 cm³/mol. The van der Waals surface area contributed by atoms with Gasteiger partial charge in [-0.2, -0.15) is 0 Å². The van der Waals surface area contributed by atoms with Crippen LogP contribution in [0, 0.1) is 11.8 Å². The van der Waals surface area contributed by atoms with Gasteiger partial charge in [0.25, 0.3) is 0 Å². The van der Waals surface area contributed by atoms with Crippen LogP contribution in [-0.2, 0) is 19.1 Å². The van der Waals surface area contributed by atoms with Crippen molar-refractivity contribution >= 4 is 33.7 Å². The lowest BCUT2D eigenvalue weighted by molar-refractivity contribution is -0.158. The fourth-order valence-corrected chi connectivity index (χ4v) is 4.03. The number of hydrogen-bond donors (Lipinski definition) is 0. The van der Waals surface area contributed by atoms with Gasteiger partial charge in [-0.3, -0.25) is 14.5 Å². The molecule has 0 spiro atoms. The topological polar surface area (TPSA) is 72.9 Å².